The van der Waals surface area contributed by atoms with E-state index in [4.69, 9.17) is 0 Å². The number of likely N-dealkylation sites (N-methyl/N-ethyl adjacent to an activating group) is 1. The van der Waals surface area contributed by atoms with Gasteiger partial charge in [0, 0.05) is 38.4 Å². The van der Waals surface area contributed by atoms with Gasteiger partial charge in [0.1, 0.15) is 0 Å². The van der Waals surface area contributed by atoms with Crippen LogP contribution in [0.4, 0.5) is 0 Å². The first-order chi connectivity index (χ1) is 10.4. The molecule has 22 heavy (non-hydrogen) atoms. The van der Waals surface area contributed by atoms with Crippen LogP contribution in [0, 0.1) is 20.8 Å². The number of hydrogen-bond acceptors (Lipinski definition) is 4. The Hall–Kier alpha value is -1.40. The minimum Gasteiger partial charge on any atom is -0.353 e. The number of aromatic nitrogens is 2. The third-order valence-corrected chi connectivity index (χ3v) is 4.83. The van der Waals surface area contributed by atoms with E-state index in [-0.39, 0.29) is 11.9 Å². The molecule has 1 unspecified atom stereocenters. The summed E-state index contributed by atoms with van der Waals surface area (Å²) in [5.74, 6) is 0.114. The van der Waals surface area contributed by atoms with Crippen molar-refractivity contribution in [2.75, 3.05) is 39.8 Å². The van der Waals surface area contributed by atoms with Gasteiger partial charge in [-0.05, 0) is 40.3 Å². The van der Waals surface area contributed by atoms with Crippen LogP contribution in [0.25, 0.3) is 0 Å². The van der Waals surface area contributed by atoms with Gasteiger partial charge in [-0.15, -0.1) is 0 Å². The monoisotopic (exact) mass is 307 g/mol. The standard InChI is InChI=1S/C16H29N5O/c1-12-13(2)18-21(14(12)3)7-6-17-16(22)15(4)20-10-8-19(5)9-11-20/h15H,6-11H2,1-5H3,(H,17,22). The Labute approximate surface area is 133 Å². The number of carbonyl (C=O) groups is 1. The number of amides is 1. The van der Waals surface area contributed by atoms with Crippen LogP contribution in [0.3, 0.4) is 0 Å². The molecule has 1 aromatic heterocycles. The highest BCUT2D eigenvalue weighted by atomic mass is 16.2. The summed E-state index contributed by atoms with van der Waals surface area (Å²) in [6, 6.07) is -0.0594. The molecule has 0 aromatic carbocycles. The topological polar surface area (TPSA) is 53.4 Å². The number of piperazine rings is 1. The first-order valence-electron chi connectivity index (χ1n) is 8.11. The molecule has 1 amide bonds. The Bertz CT molecular complexity index is 517. The molecule has 0 bridgehead atoms. The van der Waals surface area contributed by atoms with E-state index in [9.17, 15) is 4.79 Å². The molecule has 6 heteroatoms. The molecule has 1 atom stereocenters. The summed E-state index contributed by atoms with van der Waals surface area (Å²) in [5, 5.41) is 7.54. The second-order valence-corrected chi connectivity index (χ2v) is 6.33. The molecule has 1 saturated heterocycles. The largest absolute Gasteiger partial charge is 0.353 e. The van der Waals surface area contributed by atoms with Crippen molar-refractivity contribution in [2.24, 2.45) is 0 Å². The summed E-state index contributed by atoms with van der Waals surface area (Å²) < 4.78 is 1.98. The lowest BCUT2D eigenvalue weighted by atomic mass is 10.2. The molecular formula is C16H29N5O. The number of nitrogens with zero attached hydrogens (tertiary/aromatic N) is 4. The van der Waals surface area contributed by atoms with Crippen molar-refractivity contribution in [1.82, 2.24) is 24.9 Å². The number of aryl methyl sites for hydroxylation is 1. The Kier molecular flexibility index (Phi) is 5.58. The van der Waals surface area contributed by atoms with Crippen molar-refractivity contribution >= 4 is 5.91 Å². The summed E-state index contributed by atoms with van der Waals surface area (Å²) in [4.78, 5) is 16.8. The summed E-state index contributed by atoms with van der Waals surface area (Å²) in [7, 11) is 2.12. The fraction of sp³-hybridized carbons (Fsp3) is 0.750. The maximum Gasteiger partial charge on any atom is 0.237 e. The van der Waals surface area contributed by atoms with Gasteiger partial charge in [-0.2, -0.15) is 5.10 Å². The van der Waals surface area contributed by atoms with Gasteiger partial charge in [-0.1, -0.05) is 0 Å². The molecule has 1 aliphatic heterocycles. The Morgan fingerprint density at radius 3 is 2.41 bits per heavy atom. The van der Waals surface area contributed by atoms with Crippen molar-refractivity contribution in [2.45, 2.75) is 40.3 Å². The third-order valence-electron chi connectivity index (χ3n) is 4.83. The maximum atomic E-state index is 12.3. The molecule has 0 spiro atoms. The smallest absolute Gasteiger partial charge is 0.237 e. The summed E-state index contributed by atoms with van der Waals surface area (Å²) in [6.45, 7) is 13.5. The quantitative estimate of drug-likeness (QED) is 0.864. The summed E-state index contributed by atoms with van der Waals surface area (Å²) >= 11 is 0. The fourth-order valence-electron chi connectivity index (χ4n) is 2.81. The number of nitrogens with one attached hydrogen (secondary N) is 1. The Morgan fingerprint density at radius 2 is 1.86 bits per heavy atom. The van der Waals surface area contributed by atoms with E-state index in [1.807, 2.05) is 18.5 Å². The van der Waals surface area contributed by atoms with E-state index in [1.165, 1.54) is 11.3 Å². The molecule has 124 valence electrons. The van der Waals surface area contributed by atoms with Crippen LogP contribution in [0.15, 0.2) is 0 Å². The van der Waals surface area contributed by atoms with E-state index in [0.29, 0.717) is 6.54 Å². The zero-order valence-corrected chi connectivity index (χ0v) is 14.5. The van der Waals surface area contributed by atoms with E-state index in [2.05, 4.69) is 41.1 Å². The molecule has 6 nitrogen and oxygen atoms in total. The summed E-state index contributed by atoms with van der Waals surface area (Å²) in [5.41, 5.74) is 3.48. The van der Waals surface area contributed by atoms with Gasteiger partial charge in [0.05, 0.1) is 18.3 Å². The van der Waals surface area contributed by atoms with Crippen molar-refractivity contribution in [3.05, 3.63) is 17.0 Å². The lowest BCUT2D eigenvalue weighted by molar-refractivity contribution is -0.126. The zero-order valence-electron chi connectivity index (χ0n) is 14.5. The molecule has 1 aromatic rings. The summed E-state index contributed by atoms with van der Waals surface area (Å²) in [6.07, 6.45) is 0. The molecule has 0 aliphatic carbocycles. The van der Waals surface area contributed by atoms with Gasteiger partial charge in [0.25, 0.3) is 0 Å². The van der Waals surface area contributed by atoms with Gasteiger partial charge in [0.15, 0.2) is 0 Å². The van der Waals surface area contributed by atoms with Crippen LogP contribution >= 0.6 is 0 Å². The van der Waals surface area contributed by atoms with Crippen LogP contribution in [0.2, 0.25) is 0 Å². The normalized spacial score (nSPS) is 18.4. The lowest BCUT2D eigenvalue weighted by Gasteiger charge is -2.35. The van der Waals surface area contributed by atoms with Crippen molar-refractivity contribution < 1.29 is 4.79 Å². The highest BCUT2D eigenvalue weighted by Crippen LogP contribution is 2.10. The van der Waals surface area contributed by atoms with Crippen molar-refractivity contribution in [3.8, 4) is 0 Å². The molecule has 1 N–H and O–H groups in total. The molecule has 0 saturated carbocycles. The average molecular weight is 307 g/mol. The lowest BCUT2D eigenvalue weighted by Crippen LogP contribution is -2.53. The van der Waals surface area contributed by atoms with Gasteiger partial charge < -0.3 is 10.2 Å². The predicted molar refractivity (Wildman–Crippen MR) is 88.0 cm³/mol. The molecule has 1 aliphatic rings. The van der Waals surface area contributed by atoms with E-state index < -0.39 is 0 Å². The van der Waals surface area contributed by atoms with E-state index >= 15 is 0 Å². The first kappa shape index (κ1) is 17.0. The Balaban J connectivity index is 1.78. The average Bonchev–Trinajstić information content (AvgIpc) is 2.74. The molecule has 1 fully saturated rings. The number of rotatable bonds is 5. The van der Waals surface area contributed by atoms with Crippen molar-refractivity contribution in [3.63, 3.8) is 0 Å². The van der Waals surface area contributed by atoms with E-state index in [0.717, 1.165) is 38.4 Å². The number of hydrogen-bond donors (Lipinski definition) is 1. The van der Waals surface area contributed by atoms with Crippen LogP contribution in [0.5, 0.6) is 0 Å². The van der Waals surface area contributed by atoms with Gasteiger partial charge in [-0.3, -0.25) is 14.4 Å². The van der Waals surface area contributed by atoms with Crippen LogP contribution < -0.4 is 5.32 Å². The SMILES string of the molecule is Cc1nn(CCNC(=O)C(C)N2CCN(C)CC2)c(C)c1C. The zero-order chi connectivity index (χ0) is 16.3. The molecular weight excluding hydrogens is 278 g/mol. The van der Waals surface area contributed by atoms with E-state index in [1.54, 1.807) is 0 Å². The minimum atomic E-state index is -0.0594. The third kappa shape index (κ3) is 3.87. The van der Waals surface area contributed by atoms with Crippen LogP contribution in [-0.2, 0) is 11.3 Å². The second kappa shape index (κ2) is 7.24. The van der Waals surface area contributed by atoms with Gasteiger partial charge in [-0.25, -0.2) is 0 Å². The Morgan fingerprint density at radius 1 is 1.23 bits per heavy atom. The molecule has 0 radical (unpaired) electrons. The van der Waals surface area contributed by atoms with Crippen LogP contribution in [-0.4, -0.2) is 71.3 Å². The van der Waals surface area contributed by atoms with Crippen molar-refractivity contribution in [1.29, 1.82) is 0 Å². The highest BCUT2D eigenvalue weighted by molar-refractivity contribution is 5.81. The molecule has 2 heterocycles. The highest BCUT2D eigenvalue weighted by Gasteiger charge is 2.24. The first-order valence-corrected chi connectivity index (χ1v) is 8.11. The van der Waals surface area contributed by atoms with Gasteiger partial charge in [0.2, 0.25) is 5.91 Å². The predicted octanol–water partition coefficient (Wildman–Crippen LogP) is 0.560. The second-order valence-electron chi connectivity index (χ2n) is 6.33. The van der Waals surface area contributed by atoms with Crippen LogP contribution in [0.1, 0.15) is 23.9 Å². The number of carbonyl (C=O) groups excluding carboxylic acids is 1. The fourth-order valence-corrected chi connectivity index (χ4v) is 2.81. The molecule has 2 rings (SSSR count). The maximum absolute atomic E-state index is 12.3. The minimum absolute atomic E-state index is 0.0594. The van der Waals surface area contributed by atoms with Gasteiger partial charge >= 0.3 is 0 Å².